The molecule has 10 rings (SSSR count). The van der Waals surface area contributed by atoms with Crippen LogP contribution in [0.15, 0.2) is 157 Å². The summed E-state index contributed by atoms with van der Waals surface area (Å²) in [6.45, 7) is 13.8. The second-order valence-corrected chi connectivity index (χ2v) is 15.5. The highest BCUT2D eigenvalue weighted by atomic mass is 15.3. The Morgan fingerprint density at radius 3 is 2.17 bits per heavy atom. The van der Waals surface area contributed by atoms with Gasteiger partial charge in [-0.05, 0) is 131 Å². The van der Waals surface area contributed by atoms with Gasteiger partial charge in [0, 0.05) is 23.7 Å². The van der Waals surface area contributed by atoms with E-state index in [1.165, 1.54) is 82.0 Å². The Hall–Kier alpha value is -6.32. The molecule has 54 heavy (non-hydrogen) atoms. The number of dihydropyridines is 1. The molecule has 1 aromatic heterocycles. The van der Waals surface area contributed by atoms with Gasteiger partial charge in [0.1, 0.15) is 11.7 Å². The third kappa shape index (κ3) is 4.81. The summed E-state index contributed by atoms with van der Waals surface area (Å²) in [6.07, 6.45) is 10.4. The standard InChI is InChI=1S/C51H41N3/c1-6-32(7-2)40-20-15-33-18-23-43-41(21-16-34-17-22-42(40)48(33)49(34)43)39-14-13-35-27-36(11-12-37(35)28-39)38-19-24-46-45(29-38)51(4,5)44-9-8-26-52-50(44)54(46)47-25-10-31(3)30-53-47/h6-29,31H,1,30H2,2-5H3/b32-7+. The molecule has 0 saturated carbocycles. The highest BCUT2D eigenvalue weighted by Gasteiger charge is 2.39. The van der Waals surface area contributed by atoms with Crippen LogP contribution < -0.4 is 4.90 Å². The van der Waals surface area contributed by atoms with E-state index in [-0.39, 0.29) is 5.41 Å². The normalized spacial score (nSPS) is 16.6. The van der Waals surface area contributed by atoms with Crippen molar-refractivity contribution in [2.75, 3.05) is 11.4 Å². The number of pyridine rings is 1. The summed E-state index contributed by atoms with van der Waals surface area (Å²) in [5, 5.41) is 10.2. The van der Waals surface area contributed by atoms with Gasteiger partial charge in [-0.2, -0.15) is 0 Å². The van der Waals surface area contributed by atoms with E-state index >= 15 is 0 Å². The Balaban J connectivity index is 1.06. The Bertz CT molecular complexity index is 2940. The van der Waals surface area contributed by atoms with Crippen molar-refractivity contribution in [1.82, 2.24) is 4.98 Å². The van der Waals surface area contributed by atoms with E-state index in [1.807, 2.05) is 18.3 Å². The quantitative estimate of drug-likeness (QED) is 0.135. The number of aromatic nitrogens is 1. The molecule has 0 radical (unpaired) electrons. The summed E-state index contributed by atoms with van der Waals surface area (Å²) in [7, 11) is 0. The van der Waals surface area contributed by atoms with Gasteiger partial charge in [0.25, 0.3) is 0 Å². The van der Waals surface area contributed by atoms with E-state index in [0.717, 1.165) is 29.5 Å². The van der Waals surface area contributed by atoms with Gasteiger partial charge in [0.15, 0.2) is 0 Å². The minimum Gasteiger partial charge on any atom is -0.279 e. The van der Waals surface area contributed by atoms with E-state index in [4.69, 9.17) is 9.98 Å². The maximum Gasteiger partial charge on any atom is 0.142 e. The molecule has 0 N–H and O–H groups in total. The summed E-state index contributed by atoms with van der Waals surface area (Å²) >= 11 is 0. The summed E-state index contributed by atoms with van der Waals surface area (Å²) in [4.78, 5) is 12.1. The molecule has 8 aromatic rings. The number of rotatable bonds is 4. The SMILES string of the molecule is C=C/C(=C\C)c1ccc2ccc3c(-c4ccc5cc(-c6ccc7c(c6)C(C)(C)c6cccnc6N7C6=NCC(C)C=C6)ccc5c4)ccc4ccc1c2c43. The van der Waals surface area contributed by atoms with Crippen LogP contribution in [0.2, 0.25) is 0 Å². The lowest BCUT2D eigenvalue weighted by molar-refractivity contribution is 0.628. The number of allylic oxidation sites excluding steroid dienone is 3. The fourth-order valence-corrected chi connectivity index (χ4v) is 8.99. The molecule has 3 heterocycles. The Morgan fingerprint density at radius 1 is 0.741 bits per heavy atom. The molecule has 0 aliphatic carbocycles. The molecular formula is C51H41N3. The van der Waals surface area contributed by atoms with Crippen molar-refractivity contribution in [3.8, 4) is 22.3 Å². The van der Waals surface area contributed by atoms with Crippen LogP contribution in [0.3, 0.4) is 0 Å². The summed E-state index contributed by atoms with van der Waals surface area (Å²) < 4.78 is 0. The summed E-state index contributed by atoms with van der Waals surface area (Å²) in [6, 6.07) is 43.2. The molecule has 260 valence electrons. The van der Waals surface area contributed by atoms with Crippen molar-refractivity contribution in [2.45, 2.75) is 33.1 Å². The van der Waals surface area contributed by atoms with E-state index in [9.17, 15) is 0 Å². The zero-order valence-electron chi connectivity index (χ0n) is 31.2. The van der Waals surface area contributed by atoms with Crippen LogP contribution in [0.5, 0.6) is 0 Å². The molecule has 1 unspecified atom stereocenters. The molecule has 0 fully saturated rings. The van der Waals surface area contributed by atoms with Gasteiger partial charge in [-0.1, -0.05) is 131 Å². The van der Waals surface area contributed by atoms with E-state index < -0.39 is 0 Å². The third-order valence-corrected chi connectivity index (χ3v) is 11.9. The first-order valence-corrected chi connectivity index (χ1v) is 19.0. The van der Waals surface area contributed by atoms with E-state index in [2.05, 4.69) is 167 Å². The molecule has 3 nitrogen and oxygen atoms in total. The van der Waals surface area contributed by atoms with Crippen LogP contribution >= 0.6 is 0 Å². The largest absolute Gasteiger partial charge is 0.279 e. The first-order valence-electron chi connectivity index (χ1n) is 19.0. The molecule has 0 amide bonds. The average molecular weight is 696 g/mol. The number of hydrogen-bond donors (Lipinski definition) is 0. The number of hydrogen-bond acceptors (Lipinski definition) is 3. The van der Waals surface area contributed by atoms with Gasteiger partial charge >= 0.3 is 0 Å². The zero-order chi connectivity index (χ0) is 36.7. The first kappa shape index (κ1) is 32.3. The predicted octanol–water partition coefficient (Wildman–Crippen LogP) is 13.4. The Labute approximate surface area is 316 Å². The monoisotopic (exact) mass is 695 g/mol. The predicted molar refractivity (Wildman–Crippen MR) is 231 cm³/mol. The van der Waals surface area contributed by atoms with Crippen LogP contribution in [0.25, 0.3) is 70.9 Å². The highest BCUT2D eigenvalue weighted by molar-refractivity contribution is 6.27. The smallest absolute Gasteiger partial charge is 0.142 e. The van der Waals surface area contributed by atoms with Crippen LogP contribution in [0.4, 0.5) is 11.5 Å². The molecule has 7 aromatic carbocycles. The Kier molecular flexibility index (Phi) is 7.25. The van der Waals surface area contributed by atoms with Crippen LogP contribution in [0, 0.1) is 5.92 Å². The maximum atomic E-state index is 4.99. The van der Waals surface area contributed by atoms with Crippen molar-refractivity contribution in [2.24, 2.45) is 10.9 Å². The lowest BCUT2D eigenvalue weighted by Gasteiger charge is -2.41. The van der Waals surface area contributed by atoms with Crippen molar-refractivity contribution in [1.29, 1.82) is 0 Å². The summed E-state index contributed by atoms with van der Waals surface area (Å²) in [5.74, 6) is 2.35. The van der Waals surface area contributed by atoms with Gasteiger partial charge in [-0.3, -0.25) is 9.89 Å². The molecule has 3 heteroatoms. The number of nitrogens with zero attached hydrogens (tertiary/aromatic N) is 3. The molecule has 1 atom stereocenters. The number of aliphatic imine (C=N–C) groups is 1. The molecule has 0 bridgehead atoms. The second-order valence-electron chi connectivity index (χ2n) is 15.5. The molecule has 0 spiro atoms. The molecular weight excluding hydrogens is 655 g/mol. The van der Waals surface area contributed by atoms with Crippen molar-refractivity contribution < 1.29 is 0 Å². The fraction of sp³-hybridized carbons (Fsp3) is 0.137. The van der Waals surface area contributed by atoms with Gasteiger partial charge in [0.05, 0.1) is 5.69 Å². The minimum absolute atomic E-state index is 0.230. The van der Waals surface area contributed by atoms with Crippen molar-refractivity contribution in [3.05, 3.63) is 169 Å². The first-order chi connectivity index (χ1) is 26.3. The lowest BCUT2D eigenvalue weighted by atomic mass is 9.74. The fourth-order valence-electron chi connectivity index (χ4n) is 8.99. The minimum atomic E-state index is -0.230. The highest BCUT2D eigenvalue weighted by Crippen LogP contribution is 2.50. The zero-order valence-corrected chi connectivity index (χ0v) is 31.2. The van der Waals surface area contributed by atoms with Crippen molar-refractivity contribution in [3.63, 3.8) is 0 Å². The van der Waals surface area contributed by atoms with Crippen LogP contribution in [0.1, 0.15) is 44.4 Å². The number of fused-ring (bicyclic) bond motifs is 3. The molecule has 2 aliphatic rings. The molecule has 0 saturated heterocycles. The van der Waals surface area contributed by atoms with Gasteiger partial charge in [0.2, 0.25) is 0 Å². The van der Waals surface area contributed by atoms with Crippen LogP contribution in [-0.4, -0.2) is 17.4 Å². The van der Waals surface area contributed by atoms with Gasteiger partial charge in [-0.15, -0.1) is 0 Å². The second kappa shape index (κ2) is 12.1. The number of amidine groups is 1. The summed E-state index contributed by atoms with van der Waals surface area (Å²) in [5.41, 5.74) is 10.7. The third-order valence-electron chi connectivity index (χ3n) is 11.9. The van der Waals surface area contributed by atoms with Crippen LogP contribution in [-0.2, 0) is 5.41 Å². The van der Waals surface area contributed by atoms with E-state index in [1.54, 1.807) is 0 Å². The van der Waals surface area contributed by atoms with Crippen molar-refractivity contribution >= 4 is 66.0 Å². The van der Waals surface area contributed by atoms with E-state index in [0.29, 0.717) is 5.92 Å². The maximum absolute atomic E-state index is 4.99. The van der Waals surface area contributed by atoms with Gasteiger partial charge < -0.3 is 0 Å². The van der Waals surface area contributed by atoms with Gasteiger partial charge in [-0.25, -0.2) is 4.98 Å². The molecule has 2 aliphatic heterocycles. The number of anilines is 2. The Morgan fingerprint density at radius 2 is 1.41 bits per heavy atom. The average Bonchev–Trinajstić information content (AvgIpc) is 3.21. The lowest BCUT2D eigenvalue weighted by Crippen LogP contribution is -2.37. The number of benzene rings is 7. The topological polar surface area (TPSA) is 28.5 Å².